The second-order valence-corrected chi connectivity index (χ2v) is 16.5. The van der Waals surface area contributed by atoms with Crippen molar-refractivity contribution in [1.82, 2.24) is 19.3 Å². The molecule has 0 bridgehead atoms. The standard InChI is InChI=1S/C49H54N4O.Pd/c1-28(2)35-19-20-50-47(25-35)52-45-16-14-13-15-41(45)42-18-17-39(27-46(42)52)54-40-22-36(29(3)4)21-38(26-40)53-34(12)48(33(11)51-53)49-43(31(7)8)23-37(30(5)6)24-44(49)32(9)10;/h13-25,28-32H,1-12H3;/q-2;+2. The molecular formula is C49H54N4OPd. The fraction of sp³-hybridized carbons (Fsp3) is 0.347. The van der Waals surface area contributed by atoms with Gasteiger partial charge in [0, 0.05) is 34.5 Å². The van der Waals surface area contributed by atoms with Crippen molar-refractivity contribution in [3.05, 3.63) is 130 Å². The predicted octanol–water partition coefficient (Wildman–Crippen LogP) is 13.7. The molecule has 0 radical (unpaired) electrons. The van der Waals surface area contributed by atoms with Crippen LogP contribution in [-0.2, 0) is 20.4 Å². The summed E-state index contributed by atoms with van der Waals surface area (Å²) >= 11 is 0. The van der Waals surface area contributed by atoms with Gasteiger partial charge in [0.1, 0.15) is 5.82 Å². The Morgan fingerprint density at radius 3 is 1.87 bits per heavy atom. The summed E-state index contributed by atoms with van der Waals surface area (Å²) in [5, 5.41) is 7.47. The molecule has 0 aliphatic carbocycles. The molecule has 0 fully saturated rings. The molecule has 55 heavy (non-hydrogen) atoms. The Hall–Kier alpha value is -4.50. The van der Waals surface area contributed by atoms with Crippen molar-refractivity contribution in [2.45, 2.75) is 113 Å². The SMILES string of the molecule is Cc1nn(-c2[c-]c(Oc3[c-]c4c(cc3)c3ccccc3n4-c3cc(C(C)C)ccn3)cc(C(C)C)c2)c(C)c1-c1c(C(C)C)cc(C(C)C)cc1C(C)C.[Pd+2]. The fourth-order valence-corrected chi connectivity index (χ4v) is 7.74. The van der Waals surface area contributed by atoms with E-state index in [0.29, 0.717) is 35.2 Å². The summed E-state index contributed by atoms with van der Waals surface area (Å²) in [6.07, 6.45) is 1.90. The van der Waals surface area contributed by atoms with Gasteiger partial charge in [-0.2, -0.15) is 11.2 Å². The molecule has 0 atom stereocenters. The van der Waals surface area contributed by atoms with E-state index in [1.54, 1.807) is 0 Å². The van der Waals surface area contributed by atoms with Crippen molar-refractivity contribution in [2.75, 3.05) is 0 Å². The Labute approximate surface area is 341 Å². The smallest absolute Gasteiger partial charge is 0.509 e. The molecule has 4 aromatic carbocycles. The molecule has 5 nitrogen and oxygen atoms in total. The Morgan fingerprint density at radius 2 is 1.24 bits per heavy atom. The molecule has 7 rings (SSSR count). The number of benzene rings is 4. The van der Waals surface area contributed by atoms with E-state index in [0.717, 1.165) is 50.3 Å². The number of para-hydroxylation sites is 1. The molecule has 286 valence electrons. The number of fused-ring (bicyclic) bond motifs is 3. The number of rotatable bonds is 10. The molecule has 0 aliphatic heterocycles. The Kier molecular flexibility index (Phi) is 11.6. The van der Waals surface area contributed by atoms with Crippen LogP contribution < -0.4 is 4.74 Å². The summed E-state index contributed by atoms with van der Waals surface area (Å²) in [5.41, 5.74) is 14.1. The van der Waals surface area contributed by atoms with Crippen LogP contribution >= 0.6 is 0 Å². The van der Waals surface area contributed by atoms with Crippen molar-refractivity contribution in [1.29, 1.82) is 0 Å². The van der Waals surface area contributed by atoms with Gasteiger partial charge in [0.05, 0.1) is 5.69 Å². The maximum absolute atomic E-state index is 6.70. The molecule has 0 saturated carbocycles. The van der Waals surface area contributed by atoms with Crippen LogP contribution in [-0.4, -0.2) is 19.3 Å². The first kappa shape index (κ1) is 40.2. The molecule has 0 amide bonds. The van der Waals surface area contributed by atoms with Gasteiger partial charge in [0.2, 0.25) is 0 Å². The zero-order valence-corrected chi connectivity index (χ0v) is 36.0. The van der Waals surface area contributed by atoms with Gasteiger partial charge in [-0.15, -0.1) is 41.3 Å². The van der Waals surface area contributed by atoms with E-state index in [4.69, 9.17) is 14.8 Å². The Bertz CT molecular complexity index is 2470. The molecule has 0 saturated heterocycles. The largest absolute Gasteiger partial charge is 2.00 e. The topological polar surface area (TPSA) is 44.9 Å². The first-order valence-corrected chi connectivity index (χ1v) is 19.6. The number of ether oxygens (including phenoxy) is 1. The van der Waals surface area contributed by atoms with E-state index in [2.05, 4.69) is 171 Å². The summed E-state index contributed by atoms with van der Waals surface area (Å²) in [5.74, 6) is 3.99. The van der Waals surface area contributed by atoms with E-state index in [-0.39, 0.29) is 26.3 Å². The minimum Gasteiger partial charge on any atom is -0.509 e. The molecule has 0 unspecified atom stereocenters. The van der Waals surface area contributed by atoms with Gasteiger partial charge in [0.15, 0.2) is 0 Å². The summed E-state index contributed by atoms with van der Waals surface area (Å²) < 4.78 is 11.0. The first-order valence-electron chi connectivity index (χ1n) is 19.6. The minimum absolute atomic E-state index is 0. The minimum atomic E-state index is 0. The summed E-state index contributed by atoms with van der Waals surface area (Å²) in [6.45, 7) is 27.0. The number of nitrogens with zero attached hydrogens (tertiary/aromatic N) is 4. The number of pyridine rings is 1. The average Bonchev–Trinajstić information content (AvgIpc) is 3.62. The molecule has 3 aromatic heterocycles. The summed E-state index contributed by atoms with van der Waals surface area (Å²) in [6, 6.07) is 33.3. The van der Waals surface area contributed by atoms with Crippen LogP contribution in [0.5, 0.6) is 11.5 Å². The van der Waals surface area contributed by atoms with E-state index in [1.165, 1.54) is 33.4 Å². The molecule has 0 N–H and O–H groups in total. The summed E-state index contributed by atoms with van der Waals surface area (Å²) in [4.78, 5) is 4.82. The van der Waals surface area contributed by atoms with Crippen molar-refractivity contribution in [3.8, 4) is 34.1 Å². The van der Waals surface area contributed by atoms with Gasteiger partial charge in [-0.3, -0.25) is 4.68 Å². The first-order chi connectivity index (χ1) is 25.7. The number of aryl methyl sites for hydroxylation is 1. The second kappa shape index (κ2) is 15.9. The van der Waals surface area contributed by atoms with E-state index >= 15 is 0 Å². The quantitative estimate of drug-likeness (QED) is 0.102. The second-order valence-electron chi connectivity index (χ2n) is 16.5. The molecule has 0 aliphatic rings. The van der Waals surface area contributed by atoms with Crippen molar-refractivity contribution >= 4 is 21.8 Å². The van der Waals surface area contributed by atoms with Crippen LogP contribution in [0.4, 0.5) is 0 Å². The van der Waals surface area contributed by atoms with Crippen molar-refractivity contribution in [3.63, 3.8) is 0 Å². The van der Waals surface area contributed by atoms with Crippen molar-refractivity contribution < 1.29 is 25.2 Å². The van der Waals surface area contributed by atoms with E-state index in [9.17, 15) is 0 Å². The van der Waals surface area contributed by atoms with E-state index in [1.807, 2.05) is 12.3 Å². The van der Waals surface area contributed by atoms with Crippen LogP contribution in [0.15, 0.2) is 79.0 Å². The Morgan fingerprint density at radius 1 is 0.600 bits per heavy atom. The molecule has 6 heteroatoms. The van der Waals surface area contributed by atoms with Gasteiger partial charge in [-0.05, 0) is 101 Å². The van der Waals surface area contributed by atoms with E-state index < -0.39 is 0 Å². The third-order valence-corrected chi connectivity index (χ3v) is 10.9. The zero-order valence-electron chi connectivity index (χ0n) is 34.4. The monoisotopic (exact) mass is 820 g/mol. The number of aromatic nitrogens is 4. The van der Waals surface area contributed by atoms with Gasteiger partial charge in [0.25, 0.3) is 0 Å². The fourth-order valence-electron chi connectivity index (χ4n) is 7.74. The van der Waals surface area contributed by atoms with Gasteiger partial charge in [-0.25, -0.2) is 4.98 Å². The van der Waals surface area contributed by atoms with Crippen LogP contribution in [0.25, 0.3) is 44.4 Å². The third kappa shape index (κ3) is 7.57. The zero-order chi connectivity index (χ0) is 38.6. The molecule has 0 spiro atoms. The predicted molar refractivity (Wildman–Crippen MR) is 225 cm³/mol. The molecule has 3 heterocycles. The van der Waals surface area contributed by atoms with Crippen molar-refractivity contribution in [2.24, 2.45) is 0 Å². The van der Waals surface area contributed by atoms with Crippen LogP contribution in [0.1, 0.15) is 138 Å². The molecular weight excluding hydrogens is 767 g/mol. The normalized spacial score (nSPS) is 11.9. The van der Waals surface area contributed by atoms with Gasteiger partial charge in [-0.1, -0.05) is 105 Å². The molecule has 7 aromatic rings. The maximum Gasteiger partial charge on any atom is 2.00 e. The van der Waals surface area contributed by atoms with Crippen LogP contribution in [0.2, 0.25) is 0 Å². The maximum atomic E-state index is 6.70. The number of hydrogen-bond acceptors (Lipinski definition) is 3. The summed E-state index contributed by atoms with van der Waals surface area (Å²) in [7, 11) is 0. The Balaban J connectivity index is 0.00000514. The van der Waals surface area contributed by atoms with Crippen LogP contribution in [0.3, 0.4) is 0 Å². The van der Waals surface area contributed by atoms with Crippen LogP contribution in [0, 0.1) is 26.0 Å². The van der Waals surface area contributed by atoms with Gasteiger partial charge >= 0.3 is 20.4 Å². The van der Waals surface area contributed by atoms with Gasteiger partial charge < -0.3 is 9.30 Å². The number of hydrogen-bond donors (Lipinski definition) is 0. The third-order valence-electron chi connectivity index (χ3n) is 10.9. The average molecular weight is 821 g/mol.